The summed E-state index contributed by atoms with van der Waals surface area (Å²) in [6, 6.07) is 4.98. The normalized spacial score (nSPS) is 16.4. The molecule has 146 valence electrons. The summed E-state index contributed by atoms with van der Waals surface area (Å²) in [6.07, 6.45) is 12.6. The van der Waals surface area contributed by atoms with Crippen LogP contribution in [0.2, 0.25) is 0 Å². The van der Waals surface area contributed by atoms with Crippen molar-refractivity contribution in [1.82, 2.24) is 29.6 Å². The Morgan fingerprint density at radius 1 is 1.25 bits per heavy atom. The highest BCUT2D eigenvalue weighted by molar-refractivity contribution is 5.89. The number of aromatic nitrogens is 5. The molecule has 7 heteroatoms. The third kappa shape index (κ3) is 3.18. The van der Waals surface area contributed by atoms with Crippen LogP contribution in [0.4, 0.5) is 0 Å². The molecule has 0 amide bonds. The van der Waals surface area contributed by atoms with Crippen LogP contribution in [-0.4, -0.2) is 48.8 Å². The minimum absolute atomic E-state index is 0.239. The zero-order valence-electron chi connectivity index (χ0n) is 16.6. The molecule has 0 radical (unpaired) electrons. The summed E-state index contributed by atoms with van der Waals surface area (Å²) in [5.41, 5.74) is 2.41. The van der Waals surface area contributed by atoms with Crippen molar-refractivity contribution in [1.29, 1.82) is 5.26 Å². The molecule has 3 aromatic rings. The zero-order chi connectivity index (χ0) is 19.6. The predicted molar refractivity (Wildman–Crippen MR) is 108 cm³/mol. The molecule has 1 N–H and O–H groups in total. The van der Waals surface area contributed by atoms with Crippen molar-refractivity contribution in [2.45, 2.75) is 57.5 Å². The Bertz CT molecular complexity index is 968. The second kappa shape index (κ2) is 7.72. The van der Waals surface area contributed by atoms with E-state index in [1.807, 2.05) is 29.3 Å². The molecule has 28 heavy (non-hydrogen) atoms. The van der Waals surface area contributed by atoms with Gasteiger partial charge in [0.1, 0.15) is 17.5 Å². The molecule has 0 spiro atoms. The van der Waals surface area contributed by atoms with Crippen LogP contribution in [0.5, 0.6) is 0 Å². The lowest BCUT2D eigenvalue weighted by atomic mass is 9.84. The van der Waals surface area contributed by atoms with Crippen LogP contribution in [0, 0.1) is 11.3 Å². The highest BCUT2D eigenvalue weighted by Crippen LogP contribution is 2.36. The molecule has 1 saturated heterocycles. The first-order valence-electron chi connectivity index (χ1n) is 10.2. The summed E-state index contributed by atoms with van der Waals surface area (Å²) < 4.78 is 2.00. The summed E-state index contributed by atoms with van der Waals surface area (Å²) in [5.74, 6) is 0. The summed E-state index contributed by atoms with van der Waals surface area (Å²) in [6.45, 7) is 6.26. The zero-order valence-corrected chi connectivity index (χ0v) is 16.6. The fourth-order valence-corrected chi connectivity index (χ4v) is 4.44. The van der Waals surface area contributed by atoms with Crippen LogP contribution < -0.4 is 0 Å². The first kappa shape index (κ1) is 18.6. The van der Waals surface area contributed by atoms with E-state index in [0.717, 1.165) is 35.4 Å². The van der Waals surface area contributed by atoms with Gasteiger partial charge in [-0.3, -0.25) is 9.58 Å². The van der Waals surface area contributed by atoms with E-state index in [1.165, 1.54) is 25.7 Å². The van der Waals surface area contributed by atoms with E-state index in [2.05, 4.69) is 44.9 Å². The van der Waals surface area contributed by atoms with Gasteiger partial charge in [0.25, 0.3) is 0 Å². The van der Waals surface area contributed by atoms with Gasteiger partial charge in [0.05, 0.1) is 24.4 Å². The van der Waals surface area contributed by atoms with Gasteiger partial charge in [-0.05, 0) is 18.9 Å². The van der Waals surface area contributed by atoms with Crippen LogP contribution >= 0.6 is 0 Å². The molecular weight excluding hydrogens is 350 g/mol. The quantitative estimate of drug-likeness (QED) is 0.646. The minimum atomic E-state index is -0.239. The Labute approximate surface area is 165 Å². The second-order valence-electron chi connectivity index (χ2n) is 7.83. The average molecular weight is 377 g/mol. The van der Waals surface area contributed by atoms with Crippen molar-refractivity contribution in [3.05, 3.63) is 31.0 Å². The highest BCUT2D eigenvalue weighted by Gasteiger charge is 2.47. The smallest absolute Gasteiger partial charge is 0.141 e. The molecule has 0 bridgehead atoms. The largest absolute Gasteiger partial charge is 0.346 e. The van der Waals surface area contributed by atoms with Gasteiger partial charge in [-0.2, -0.15) is 10.4 Å². The molecule has 0 saturated carbocycles. The van der Waals surface area contributed by atoms with E-state index in [4.69, 9.17) is 0 Å². The molecular formula is C21H27N7. The van der Waals surface area contributed by atoms with Gasteiger partial charge in [0.2, 0.25) is 0 Å². The van der Waals surface area contributed by atoms with Crippen LogP contribution in [-0.2, 0) is 5.54 Å². The molecule has 3 aromatic heterocycles. The van der Waals surface area contributed by atoms with Crippen LogP contribution in [0.15, 0.2) is 31.0 Å². The number of nitriles is 1. The number of likely N-dealkylation sites (tertiary alicyclic amines) is 1. The highest BCUT2D eigenvalue weighted by atomic mass is 15.4. The Kier molecular flexibility index (Phi) is 5.14. The predicted octanol–water partition coefficient (Wildman–Crippen LogP) is 3.71. The Hall–Kier alpha value is -2.72. The Morgan fingerprint density at radius 3 is 2.75 bits per heavy atom. The summed E-state index contributed by atoms with van der Waals surface area (Å²) >= 11 is 0. The summed E-state index contributed by atoms with van der Waals surface area (Å²) in [5, 5.41) is 15.1. The number of fused-ring (bicyclic) bond motifs is 1. The third-order valence-corrected chi connectivity index (χ3v) is 5.86. The number of hydrogen-bond acceptors (Lipinski definition) is 5. The second-order valence-corrected chi connectivity index (χ2v) is 7.83. The SMILES string of the molecule is CCCC(CCC)N1CC(CC#N)(n2cc(-c3ncnc4[nH]ccc34)cn2)C1. The third-order valence-electron chi connectivity index (χ3n) is 5.86. The minimum Gasteiger partial charge on any atom is -0.346 e. The topological polar surface area (TPSA) is 86.4 Å². The van der Waals surface area contributed by atoms with E-state index < -0.39 is 0 Å². The standard InChI is InChI=1S/C21H27N7/c1-3-5-17(6-4-2)27-13-21(14-27,8-9-22)28-12-16(11-26-28)19-18-7-10-23-20(18)25-15-24-19/h7,10-12,15,17H,3-6,8,13-14H2,1-2H3,(H,23,24,25). The molecule has 0 atom stereocenters. The molecule has 1 aliphatic rings. The van der Waals surface area contributed by atoms with Crippen molar-refractivity contribution in [2.24, 2.45) is 0 Å². The van der Waals surface area contributed by atoms with E-state index in [1.54, 1.807) is 6.33 Å². The fourth-order valence-electron chi connectivity index (χ4n) is 4.44. The van der Waals surface area contributed by atoms with Crippen molar-refractivity contribution < 1.29 is 0 Å². The van der Waals surface area contributed by atoms with E-state index >= 15 is 0 Å². The van der Waals surface area contributed by atoms with E-state index in [-0.39, 0.29) is 5.54 Å². The molecule has 7 nitrogen and oxygen atoms in total. The maximum Gasteiger partial charge on any atom is 0.141 e. The number of hydrogen-bond donors (Lipinski definition) is 1. The van der Waals surface area contributed by atoms with Gasteiger partial charge >= 0.3 is 0 Å². The molecule has 0 aliphatic carbocycles. The van der Waals surface area contributed by atoms with Gasteiger partial charge in [0, 0.05) is 42.5 Å². The number of nitrogens with one attached hydrogen (secondary N) is 1. The molecule has 0 aromatic carbocycles. The lowest BCUT2D eigenvalue weighted by molar-refractivity contribution is -0.0311. The maximum absolute atomic E-state index is 9.46. The van der Waals surface area contributed by atoms with Gasteiger partial charge in [0.15, 0.2) is 0 Å². The van der Waals surface area contributed by atoms with Crippen LogP contribution in [0.1, 0.15) is 46.0 Å². The van der Waals surface area contributed by atoms with Crippen LogP contribution in [0.25, 0.3) is 22.3 Å². The Morgan fingerprint density at radius 2 is 2.04 bits per heavy atom. The molecule has 1 aliphatic heterocycles. The van der Waals surface area contributed by atoms with Gasteiger partial charge < -0.3 is 4.98 Å². The van der Waals surface area contributed by atoms with Crippen molar-refractivity contribution in [3.63, 3.8) is 0 Å². The number of H-pyrrole nitrogens is 1. The molecule has 4 rings (SSSR count). The monoisotopic (exact) mass is 377 g/mol. The number of aromatic amines is 1. The van der Waals surface area contributed by atoms with Gasteiger partial charge in [-0.25, -0.2) is 9.97 Å². The van der Waals surface area contributed by atoms with Crippen molar-refractivity contribution in [3.8, 4) is 17.3 Å². The van der Waals surface area contributed by atoms with Gasteiger partial charge in [-0.15, -0.1) is 0 Å². The molecule has 4 heterocycles. The first-order valence-corrected chi connectivity index (χ1v) is 10.2. The maximum atomic E-state index is 9.46. The summed E-state index contributed by atoms with van der Waals surface area (Å²) in [4.78, 5) is 14.4. The first-order chi connectivity index (χ1) is 13.7. The van der Waals surface area contributed by atoms with Crippen molar-refractivity contribution >= 4 is 11.0 Å². The summed E-state index contributed by atoms with van der Waals surface area (Å²) in [7, 11) is 0. The lowest BCUT2D eigenvalue weighted by Gasteiger charge is -2.52. The molecule has 0 unspecified atom stereocenters. The van der Waals surface area contributed by atoms with Crippen LogP contribution in [0.3, 0.4) is 0 Å². The van der Waals surface area contributed by atoms with E-state index in [9.17, 15) is 5.26 Å². The lowest BCUT2D eigenvalue weighted by Crippen LogP contribution is -2.65. The number of nitrogens with zero attached hydrogens (tertiary/aromatic N) is 6. The molecule has 1 fully saturated rings. The number of rotatable bonds is 8. The fraction of sp³-hybridized carbons (Fsp3) is 0.524. The Balaban J connectivity index is 1.59. The van der Waals surface area contributed by atoms with Crippen molar-refractivity contribution in [2.75, 3.05) is 13.1 Å². The van der Waals surface area contributed by atoms with Gasteiger partial charge in [-0.1, -0.05) is 26.7 Å². The van der Waals surface area contributed by atoms with E-state index in [0.29, 0.717) is 12.5 Å². The average Bonchev–Trinajstić information content (AvgIpc) is 3.33.